The topological polar surface area (TPSA) is 105 Å². The molecule has 1 saturated carbocycles. The summed E-state index contributed by atoms with van der Waals surface area (Å²) in [5, 5.41) is 0. The van der Waals surface area contributed by atoms with Crippen LogP contribution in [0.25, 0.3) is 0 Å². The summed E-state index contributed by atoms with van der Waals surface area (Å²) in [4.78, 5) is 24.8. The van der Waals surface area contributed by atoms with Crippen molar-refractivity contribution >= 4 is 21.8 Å². The Bertz CT molecular complexity index is 908. The molecule has 1 aromatic carbocycles. The number of nitrogens with one attached hydrogen (secondary N) is 2. The second-order valence-corrected chi connectivity index (χ2v) is 9.31. The van der Waals surface area contributed by atoms with Crippen LogP contribution in [0.3, 0.4) is 0 Å². The third-order valence-corrected chi connectivity index (χ3v) is 7.51. The molecule has 0 unspecified atom stereocenters. The second-order valence-electron chi connectivity index (χ2n) is 7.37. The van der Waals surface area contributed by atoms with Crippen LogP contribution in [0.15, 0.2) is 41.3 Å². The maximum absolute atomic E-state index is 12.7. The number of hydrogen-bond donors (Lipinski definition) is 2. The number of benzene rings is 1. The van der Waals surface area contributed by atoms with Crippen LogP contribution in [-0.2, 0) is 19.6 Å². The molecule has 28 heavy (non-hydrogen) atoms. The van der Waals surface area contributed by atoms with Crippen molar-refractivity contribution in [2.75, 3.05) is 26.3 Å². The molecule has 2 bridgehead atoms. The standard InChI is InChI=1S/C19H23N3O5S/c23-18(20-21-19(24)17-11-13-4-5-14(17)10-13)15-2-1-3-16(12-15)28(25,26)22-6-8-27-9-7-22/h1-5,12-14,17H,6-11H2,(H,20,23)(H,21,24)/t13-,14+,17+/m0/s1. The molecular formula is C19H23N3O5S. The lowest BCUT2D eigenvalue weighted by molar-refractivity contribution is -0.126. The lowest BCUT2D eigenvalue weighted by atomic mass is 9.93. The highest BCUT2D eigenvalue weighted by Gasteiger charge is 2.39. The number of carbonyl (C=O) groups excluding carboxylic acids is 2. The molecule has 150 valence electrons. The monoisotopic (exact) mass is 405 g/mol. The van der Waals surface area contributed by atoms with E-state index in [9.17, 15) is 18.0 Å². The van der Waals surface area contributed by atoms with Gasteiger partial charge in [-0.05, 0) is 42.9 Å². The Balaban J connectivity index is 1.40. The summed E-state index contributed by atoms with van der Waals surface area (Å²) in [7, 11) is -3.69. The molecule has 2 fully saturated rings. The van der Waals surface area contributed by atoms with Gasteiger partial charge in [0.2, 0.25) is 15.9 Å². The molecule has 1 heterocycles. The van der Waals surface area contributed by atoms with Gasteiger partial charge in [0.05, 0.1) is 18.1 Å². The first-order valence-electron chi connectivity index (χ1n) is 9.41. The molecule has 1 saturated heterocycles. The molecule has 9 heteroatoms. The Labute approximate surface area is 163 Å². The zero-order valence-electron chi connectivity index (χ0n) is 15.3. The van der Waals surface area contributed by atoms with Gasteiger partial charge in [0, 0.05) is 24.6 Å². The minimum atomic E-state index is -3.69. The first-order chi connectivity index (χ1) is 13.4. The Hall–Kier alpha value is -2.23. The van der Waals surface area contributed by atoms with E-state index in [-0.39, 0.29) is 41.3 Å². The molecule has 0 radical (unpaired) electrons. The highest BCUT2D eigenvalue weighted by molar-refractivity contribution is 7.89. The van der Waals surface area contributed by atoms with E-state index in [2.05, 4.69) is 23.0 Å². The summed E-state index contributed by atoms with van der Waals surface area (Å²) in [5.41, 5.74) is 5.05. The van der Waals surface area contributed by atoms with Crippen LogP contribution < -0.4 is 10.9 Å². The van der Waals surface area contributed by atoms with Gasteiger partial charge in [-0.15, -0.1) is 0 Å². The number of sulfonamides is 1. The van der Waals surface area contributed by atoms with Crippen LogP contribution in [0, 0.1) is 17.8 Å². The predicted molar refractivity (Wildman–Crippen MR) is 100 cm³/mol. The van der Waals surface area contributed by atoms with Crippen molar-refractivity contribution in [3.05, 3.63) is 42.0 Å². The molecule has 8 nitrogen and oxygen atoms in total. The van der Waals surface area contributed by atoms with Crippen molar-refractivity contribution < 1.29 is 22.7 Å². The highest BCUT2D eigenvalue weighted by atomic mass is 32.2. The summed E-state index contributed by atoms with van der Waals surface area (Å²) >= 11 is 0. The maximum atomic E-state index is 12.7. The lowest BCUT2D eigenvalue weighted by Crippen LogP contribution is -2.45. The number of carbonyl (C=O) groups is 2. The fourth-order valence-electron chi connectivity index (χ4n) is 4.10. The molecule has 4 rings (SSSR count). The van der Waals surface area contributed by atoms with Crippen LogP contribution in [0.5, 0.6) is 0 Å². The van der Waals surface area contributed by atoms with Gasteiger partial charge in [0.1, 0.15) is 0 Å². The van der Waals surface area contributed by atoms with Gasteiger partial charge in [-0.1, -0.05) is 18.2 Å². The minimum absolute atomic E-state index is 0.0478. The molecule has 2 aliphatic carbocycles. The number of hydrogen-bond acceptors (Lipinski definition) is 5. The molecule has 0 spiro atoms. The normalized spacial score (nSPS) is 26.9. The Kier molecular flexibility index (Phi) is 5.22. The zero-order chi connectivity index (χ0) is 19.7. The van der Waals surface area contributed by atoms with E-state index in [1.807, 2.05) is 0 Å². The van der Waals surface area contributed by atoms with E-state index >= 15 is 0 Å². The summed E-state index contributed by atoms with van der Waals surface area (Å²) in [6.45, 7) is 1.27. The molecule has 1 aliphatic heterocycles. The van der Waals surface area contributed by atoms with Gasteiger partial charge >= 0.3 is 0 Å². The Morgan fingerprint density at radius 2 is 1.86 bits per heavy atom. The molecule has 2 amide bonds. The number of hydrazine groups is 1. The van der Waals surface area contributed by atoms with E-state index in [0.29, 0.717) is 19.1 Å². The first kappa shape index (κ1) is 19.1. The predicted octanol–water partition coefficient (Wildman–Crippen LogP) is 0.681. The molecular weight excluding hydrogens is 382 g/mol. The first-order valence-corrected chi connectivity index (χ1v) is 10.9. The Morgan fingerprint density at radius 3 is 2.54 bits per heavy atom. The minimum Gasteiger partial charge on any atom is -0.379 e. The zero-order valence-corrected chi connectivity index (χ0v) is 16.2. The third kappa shape index (κ3) is 3.69. The number of morpholine rings is 1. The third-order valence-electron chi connectivity index (χ3n) is 5.62. The summed E-state index contributed by atoms with van der Waals surface area (Å²) < 4.78 is 32.0. The van der Waals surface area contributed by atoms with Crippen LogP contribution in [0.2, 0.25) is 0 Å². The van der Waals surface area contributed by atoms with Gasteiger partial charge in [0.15, 0.2) is 0 Å². The van der Waals surface area contributed by atoms with Crippen LogP contribution in [-0.4, -0.2) is 50.8 Å². The summed E-state index contributed by atoms with van der Waals surface area (Å²) in [5.74, 6) is -0.181. The number of amides is 2. The number of fused-ring (bicyclic) bond motifs is 2. The summed E-state index contributed by atoms with van der Waals surface area (Å²) in [6.07, 6.45) is 6.01. The van der Waals surface area contributed by atoms with Crippen LogP contribution in [0.4, 0.5) is 0 Å². The molecule has 3 aliphatic rings. The quantitative estimate of drug-likeness (QED) is 0.566. The number of rotatable bonds is 4. The van der Waals surface area contributed by atoms with Crippen LogP contribution in [0.1, 0.15) is 23.2 Å². The van der Waals surface area contributed by atoms with Crippen molar-refractivity contribution in [2.24, 2.45) is 17.8 Å². The van der Waals surface area contributed by atoms with Gasteiger partial charge in [-0.3, -0.25) is 20.4 Å². The smallest absolute Gasteiger partial charge is 0.269 e. The number of nitrogens with zero attached hydrogens (tertiary/aromatic N) is 1. The number of allylic oxidation sites excluding steroid dienone is 2. The SMILES string of the molecule is O=C(NNC(=O)[C@@H]1C[C@H]2C=C[C@@H]1C2)c1cccc(S(=O)(=O)N2CCOCC2)c1. The van der Waals surface area contributed by atoms with E-state index in [0.717, 1.165) is 12.8 Å². The van der Waals surface area contributed by atoms with E-state index in [1.165, 1.54) is 28.6 Å². The van der Waals surface area contributed by atoms with Crippen molar-refractivity contribution in [3.8, 4) is 0 Å². The lowest BCUT2D eigenvalue weighted by Gasteiger charge is -2.26. The van der Waals surface area contributed by atoms with Crippen molar-refractivity contribution in [2.45, 2.75) is 17.7 Å². The fraction of sp³-hybridized carbons (Fsp3) is 0.474. The summed E-state index contributed by atoms with van der Waals surface area (Å²) in [6, 6.07) is 5.82. The second kappa shape index (κ2) is 7.65. The average Bonchev–Trinajstić information content (AvgIpc) is 3.36. The van der Waals surface area contributed by atoms with Crippen molar-refractivity contribution in [3.63, 3.8) is 0 Å². The Morgan fingerprint density at radius 1 is 1.07 bits per heavy atom. The van der Waals surface area contributed by atoms with Crippen molar-refractivity contribution in [1.29, 1.82) is 0 Å². The molecule has 1 aromatic rings. The van der Waals surface area contributed by atoms with Gasteiger partial charge in [-0.25, -0.2) is 8.42 Å². The number of ether oxygens (including phenoxy) is 1. The largest absolute Gasteiger partial charge is 0.379 e. The molecule has 2 N–H and O–H groups in total. The van der Waals surface area contributed by atoms with Crippen LogP contribution >= 0.6 is 0 Å². The van der Waals surface area contributed by atoms with Crippen molar-refractivity contribution in [1.82, 2.24) is 15.2 Å². The van der Waals surface area contributed by atoms with E-state index in [1.54, 1.807) is 0 Å². The fourth-order valence-corrected chi connectivity index (χ4v) is 5.55. The molecule has 0 aromatic heterocycles. The van der Waals surface area contributed by atoms with E-state index in [4.69, 9.17) is 4.74 Å². The highest BCUT2D eigenvalue weighted by Crippen LogP contribution is 2.43. The van der Waals surface area contributed by atoms with E-state index < -0.39 is 15.9 Å². The average molecular weight is 405 g/mol. The van der Waals surface area contributed by atoms with Gasteiger partial charge in [0.25, 0.3) is 5.91 Å². The molecule has 3 atom stereocenters. The van der Waals surface area contributed by atoms with Gasteiger partial charge < -0.3 is 4.74 Å². The maximum Gasteiger partial charge on any atom is 0.269 e. The van der Waals surface area contributed by atoms with Gasteiger partial charge in [-0.2, -0.15) is 4.31 Å².